The van der Waals surface area contributed by atoms with Gasteiger partial charge in [0.25, 0.3) is 0 Å². The summed E-state index contributed by atoms with van der Waals surface area (Å²) in [6.45, 7) is 2.37. The van der Waals surface area contributed by atoms with E-state index in [4.69, 9.17) is 0 Å². The third-order valence-electron chi connectivity index (χ3n) is 2.20. The Balaban J connectivity index is 2.66. The molecule has 0 aliphatic carbocycles. The van der Waals surface area contributed by atoms with Gasteiger partial charge in [-0.25, -0.2) is 17.5 Å². The molecular weight excluding hydrogens is 261 g/mol. The minimum atomic E-state index is -3.52. The Labute approximate surface area is 106 Å². The second kappa shape index (κ2) is 6.37. The summed E-state index contributed by atoms with van der Waals surface area (Å²) in [5.74, 6) is 0.714. The van der Waals surface area contributed by atoms with E-state index in [0.717, 1.165) is 17.9 Å². The second-order valence-electron chi connectivity index (χ2n) is 3.87. The van der Waals surface area contributed by atoms with Gasteiger partial charge in [-0.3, -0.25) is 0 Å². The number of sulfonamides is 1. The first-order valence-corrected chi connectivity index (χ1v) is 8.07. The first-order valence-electron chi connectivity index (χ1n) is 5.20. The Morgan fingerprint density at radius 2 is 1.94 bits per heavy atom. The van der Waals surface area contributed by atoms with Crippen LogP contribution in [0.5, 0.6) is 0 Å². The SMILES string of the molecule is CSCC(C)CNS(=O)(=O)c1ccc(F)cc1. The summed E-state index contributed by atoms with van der Waals surface area (Å²) in [5, 5.41) is 0. The zero-order valence-corrected chi connectivity index (χ0v) is 11.4. The lowest BCUT2D eigenvalue weighted by Gasteiger charge is -2.11. The molecule has 0 spiro atoms. The molecule has 0 aliphatic heterocycles. The Morgan fingerprint density at radius 1 is 1.35 bits per heavy atom. The standard InChI is InChI=1S/C11H16FNO2S2/c1-9(8-16-2)7-13-17(14,15)11-5-3-10(12)4-6-11/h3-6,9,13H,7-8H2,1-2H3. The molecule has 0 fully saturated rings. The van der Waals surface area contributed by atoms with Gasteiger partial charge in [-0.05, 0) is 42.2 Å². The van der Waals surface area contributed by atoms with Crippen LogP contribution < -0.4 is 4.72 Å². The number of nitrogens with one attached hydrogen (secondary N) is 1. The number of rotatable bonds is 6. The molecule has 1 unspecified atom stereocenters. The number of halogens is 1. The van der Waals surface area contributed by atoms with E-state index in [1.54, 1.807) is 11.8 Å². The molecule has 3 nitrogen and oxygen atoms in total. The van der Waals surface area contributed by atoms with Gasteiger partial charge >= 0.3 is 0 Å². The topological polar surface area (TPSA) is 46.2 Å². The monoisotopic (exact) mass is 277 g/mol. The van der Waals surface area contributed by atoms with Crippen molar-refractivity contribution in [2.75, 3.05) is 18.6 Å². The lowest BCUT2D eigenvalue weighted by molar-refractivity contribution is 0.562. The molecule has 1 rings (SSSR count). The first-order chi connectivity index (χ1) is 7.95. The van der Waals surface area contributed by atoms with Crippen LogP contribution in [0.15, 0.2) is 29.2 Å². The van der Waals surface area contributed by atoms with E-state index >= 15 is 0 Å². The highest BCUT2D eigenvalue weighted by atomic mass is 32.2. The van der Waals surface area contributed by atoms with Gasteiger partial charge in [0.2, 0.25) is 10.0 Å². The van der Waals surface area contributed by atoms with E-state index in [1.807, 2.05) is 13.2 Å². The van der Waals surface area contributed by atoms with E-state index < -0.39 is 15.8 Å². The molecule has 0 amide bonds. The fourth-order valence-corrected chi connectivity index (χ4v) is 3.14. The molecule has 0 saturated heterocycles. The van der Waals surface area contributed by atoms with Gasteiger partial charge in [-0.2, -0.15) is 11.8 Å². The molecule has 1 aromatic carbocycles. The first kappa shape index (κ1) is 14.5. The van der Waals surface area contributed by atoms with E-state index in [-0.39, 0.29) is 10.8 Å². The van der Waals surface area contributed by atoms with Crippen LogP contribution in [0.4, 0.5) is 4.39 Å². The van der Waals surface area contributed by atoms with Gasteiger partial charge in [-0.1, -0.05) is 6.92 Å². The predicted molar refractivity (Wildman–Crippen MR) is 69.1 cm³/mol. The smallest absolute Gasteiger partial charge is 0.211 e. The molecule has 0 heterocycles. The molecular formula is C11H16FNO2S2. The van der Waals surface area contributed by atoms with Crippen LogP contribution in [0, 0.1) is 11.7 Å². The van der Waals surface area contributed by atoms with Crippen LogP contribution in [-0.2, 0) is 10.0 Å². The molecule has 1 aromatic rings. The van der Waals surface area contributed by atoms with Gasteiger partial charge in [0.1, 0.15) is 5.82 Å². The van der Waals surface area contributed by atoms with Crippen LogP contribution >= 0.6 is 11.8 Å². The number of hydrogen-bond donors (Lipinski definition) is 1. The van der Waals surface area contributed by atoms with Crippen molar-refractivity contribution in [1.82, 2.24) is 4.72 Å². The third-order valence-corrected chi connectivity index (χ3v) is 4.54. The van der Waals surface area contributed by atoms with E-state index in [9.17, 15) is 12.8 Å². The minimum absolute atomic E-state index is 0.0928. The molecule has 0 aliphatic rings. The largest absolute Gasteiger partial charge is 0.240 e. The quantitative estimate of drug-likeness (QED) is 0.866. The van der Waals surface area contributed by atoms with Crippen LogP contribution in [0.25, 0.3) is 0 Å². The highest BCUT2D eigenvalue weighted by Crippen LogP contribution is 2.10. The zero-order valence-electron chi connectivity index (χ0n) is 9.81. The van der Waals surface area contributed by atoms with Crippen molar-refractivity contribution < 1.29 is 12.8 Å². The molecule has 1 atom stereocenters. The van der Waals surface area contributed by atoms with E-state index in [0.29, 0.717) is 6.54 Å². The molecule has 0 radical (unpaired) electrons. The summed E-state index contributed by atoms with van der Waals surface area (Å²) in [4.78, 5) is 0.0928. The Hall–Kier alpha value is -0.590. The highest BCUT2D eigenvalue weighted by Gasteiger charge is 2.14. The van der Waals surface area contributed by atoms with Crippen molar-refractivity contribution in [3.05, 3.63) is 30.1 Å². The van der Waals surface area contributed by atoms with Gasteiger partial charge in [0.05, 0.1) is 4.90 Å². The van der Waals surface area contributed by atoms with Gasteiger partial charge < -0.3 is 0 Å². The fourth-order valence-electron chi connectivity index (χ4n) is 1.29. The van der Waals surface area contributed by atoms with Crippen LogP contribution in [0.1, 0.15) is 6.92 Å². The normalized spacial score (nSPS) is 13.6. The van der Waals surface area contributed by atoms with Crippen molar-refractivity contribution in [2.24, 2.45) is 5.92 Å². The molecule has 17 heavy (non-hydrogen) atoms. The Kier molecular flexibility index (Phi) is 5.42. The number of thioether (sulfide) groups is 1. The Bertz CT molecular complexity index is 445. The summed E-state index contributed by atoms with van der Waals surface area (Å²) in [7, 11) is -3.52. The molecule has 0 saturated carbocycles. The van der Waals surface area contributed by atoms with E-state index in [2.05, 4.69) is 4.72 Å². The third kappa shape index (κ3) is 4.65. The average molecular weight is 277 g/mol. The molecule has 6 heteroatoms. The number of hydrogen-bond acceptors (Lipinski definition) is 3. The molecule has 0 bridgehead atoms. The maximum absolute atomic E-state index is 12.7. The maximum Gasteiger partial charge on any atom is 0.240 e. The van der Waals surface area contributed by atoms with Gasteiger partial charge in [0, 0.05) is 6.54 Å². The fraction of sp³-hybridized carbons (Fsp3) is 0.455. The summed E-state index contributed by atoms with van der Waals surface area (Å²) < 4.78 is 38.8. The van der Waals surface area contributed by atoms with Gasteiger partial charge in [-0.15, -0.1) is 0 Å². The Morgan fingerprint density at radius 3 is 2.47 bits per heavy atom. The van der Waals surface area contributed by atoms with Crippen LogP contribution in [0.2, 0.25) is 0 Å². The van der Waals surface area contributed by atoms with Crippen molar-refractivity contribution >= 4 is 21.8 Å². The van der Waals surface area contributed by atoms with Crippen molar-refractivity contribution in [3.63, 3.8) is 0 Å². The van der Waals surface area contributed by atoms with E-state index in [1.165, 1.54) is 12.1 Å². The molecule has 0 aromatic heterocycles. The lowest BCUT2D eigenvalue weighted by Crippen LogP contribution is -2.29. The van der Waals surface area contributed by atoms with Crippen LogP contribution in [-0.4, -0.2) is 27.0 Å². The lowest BCUT2D eigenvalue weighted by atomic mass is 10.2. The minimum Gasteiger partial charge on any atom is -0.211 e. The van der Waals surface area contributed by atoms with Crippen molar-refractivity contribution in [2.45, 2.75) is 11.8 Å². The zero-order chi connectivity index (χ0) is 12.9. The van der Waals surface area contributed by atoms with Crippen LogP contribution in [0.3, 0.4) is 0 Å². The summed E-state index contributed by atoms with van der Waals surface area (Å²) in [6.07, 6.45) is 1.98. The number of benzene rings is 1. The summed E-state index contributed by atoms with van der Waals surface area (Å²) in [5.41, 5.74) is 0. The molecule has 96 valence electrons. The van der Waals surface area contributed by atoms with Crippen molar-refractivity contribution in [1.29, 1.82) is 0 Å². The summed E-state index contributed by atoms with van der Waals surface area (Å²) >= 11 is 1.67. The summed E-state index contributed by atoms with van der Waals surface area (Å²) in [6, 6.07) is 4.80. The second-order valence-corrected chi connectivity index (χ2v) is 6.54. The molecule has 1 N–H and O–H groups in total. The van der Waals surface area contributed by atoms with Crippen molar-refractivity contribution in [3.8, 4) is 0 Å². The maximum atomic E-state index is 12.7. The van der Waals surface area contributed by atoms with Gasteiger partial charge in [0.15, 0.2) is 0 Å². The average Bonchev–Trinajstić information content (AvgIpc) is 2.28. The highest BCUT2D eigenvalue weighted by molar-refractivity contribution is 7.98. The predicted octanol–water partition coefficient (Wildman–Crippen LogP) is 2.10.